The van der Waals surface area contributed by atoms with Crippen LogP contribution < -0.4 is 5.32 Å². The zero-order chi connectivity index (χ0) is 14.0. The first-order valence-corrected chi connectivity index (χ1v) is 6.05. The maximum Gasteiger partial charge on any atom is 0.257 e. The van der Waals surface area contributed by atoms with Crippen molar-refractivity contribution in [3.05, 3.63) is 23.8 Å². The molecule has 0 radical (unpaired) electrons. The number of likely N-dealkylation sites (N-methyl/N-ethyl adjacent to an activating group) is 1. The van der Waals surface area contributed by atoms with E-state index in [1.165, 1.54) is 30.1 Å². The predicted octanol–water partition coefficient (Wildman–Crippen LogP) is 0.448. The van der Waals surface area contributed by atoms with E-state index in [9.17, 15) is 19.8 Å². The summed E-state index contributed by atoms with van der Waals surface area (Å²) >= 11 is 0. The Balaban J connectivity index is 2.01. The van der Waals surface area contributed by atoms with Gasteiger partial charge in [-0.15, -0.1) is 0 Å². The Morgan fingerprint density at radius 1 is 1.37 bits per heavy atom. The Labute approximate surface area is 110 Å². The number of rotatable bonds is 4. The van der Waals surface area contributed by atoms with E-state index >= 15 is 0 Å². The van der Waals surface area contributed by atoms with E-state index in [-0.39, 0.29) is 29.8 Å². The molecule has 1 aromatic rings. The largest absolute Gasteiger partial charge is 0.504 e. The van der Waals surface area contributed by atoms with Crippen molar-refractivity contribution in [1.82, 2.24) is 10.2 Å². The summed E-state index contributed by atoms with van der Waals surface area (Å²) in [5.41, 5.74) is -0.0262. The van der Waals surface area contributed by atoms with Crippen LogP contribution in [0, 0.1) is 0 Å². The number of carbonyl (C=O) groups is 2. The summed E-state index contributed by atoms with van der Waals surface area (Å²) in [5.74, 6) is -1.57. The molecule has 19 heavy (non-hydrogen) atoms. The van der Waals surface area contributed by atoms with Crippen LogP contribution in [0.1, 0.15) is 23.2 Å². The Bertz CT molecular complexity index is 511. The number of phenolic OH excluding ortho intramolecular Hbond substituents is 2. The van der Waals surface area contributed by atoms with E-state index in [0.29, 0.717) is 0 Å². The molecule has 0 bridgehead atoms. The number of aromatic hydroxyl groups is 2. The van der Waals surface area contributed by atoms with Gasteiger partial charge < -0.3 is 20.4 Å². The van der Waals surface area contributed by atoms with E-state index in [1.54, 1.807) is 0 Å². The quantitative estimate of drug-likeness (QED) is 0.689. The summed E-state index contributed by atoms with van der Waals surface area (Å²) in [6.45, 7) is -0.0789. The summed E-state index contributed by atoms with van der Waals surface area (Å²) < 4.78 is 0. The van der Waals surface area contributed by atoms with Crippen LogP contribution in [-0.4, -0.2) is 46.6 Å². The molecule has 0 saturated heterocycles. The van der Waals surface area contributed by atoms with E-state index in [1.807, 2.05) is 0 Å². The summed E-state index contributed by atoms with van der Waals surface area (Å²) in [6, 6.07) is 4.38. The van der Waals surface area contributed by atoms with E-state index in [4.69, 9.17) is 0 Å². The molecule has 102 valence electrons. The predicted molar refractivity (Wildman–Crippen MR) is 67.9 cm³/mol. The number of hydrogen-bond donors (Lipinski definition) is 3. The van der Waals surface area contributed by atoms with E-state index in [0.717, 1.165) is 12.8 Å². The van der Waals surface area contributed by atoms with Gasteiger partial charge in [0, 0.05) is 13.1 Å². The van der Waals surface area contributed by atoms with Gasteiger partial charge in [-0.25, -0.2) is 0 Å². The zero-order valence-corrected chi connectivity index (χ0v) is 10.6. The Kier molecular flexibility index (Phi) is 3.59. The van der Waals surface area contributed by atoms with Gasteiger partial charge in [-0.3, -0.25) is 9.59 Å². The maximum atomic E-state index is 12.0. The zero-order valence-electron chi connectivity index (χ0n) is 10.6. The van der Waals surface area contributed by atoms with Gasteiger partial charge in [-0.1, -0.05) is 6.07 Å². The monoisotopic (exact) mass is 264 g/mol. The number of amides is 2. The molecule has 0 atom stereocenters. The average molecular weight is 264 g/mol. The van der Waals surface area contributed by atoms with Crippen molar-refractivity contribution in [1.29, 1.82) is 0 Å². The van der Waals surface area contributed by atoms with Gasteiger partial charge >= 0.3 is 0 Å². The van der Waals surface area contributed by atoms with Crippen molar-refractivity contribution in [2.24, 2.45) is 0 Å². The minimum absolute atomic E-state index is 0.0262. The lowest BCUT2D eigenvalue weighted by molar-refractivity contribution is -0.121. The van der Waals surface area contributed by atoms with Crippen LogP contribution in [0.25, 0.3) is 0 Å². The molecular formula is C13H16N2O4. The minimum atomic E-state index is -0.514. The number of para-hydroxylation sites is 1. The van der Waals surface area contributed by atoms with Crippen LogP contribution in [0.5, 0.6) is 11.5 Å². The minimum Gasteiger partial charge on any atom is -0.504 e. The van der Waals surface area contributed by atoms with Crippen molar-refractivity contribution < 1.29 is 19.8 Å². The summed E-state index contributed by atoms with van der Waals surface area (Å²) in [7, 11) is 1.47. The molecule has 0 aliphatic heterocycles. The molecule has 2 rings (SSSR count). The summed E-state index contributed by atoms with van der Waals surface area (Å²) in [6.07, 6.45) is 1.97. The molecular weight excluding hydrogens is 248 g/mol. The van der Waals surface area contributed by atoms with Gasteiger partial charge in [-0.2, -0.15) is 0 Å². The van der Waals surface area contributed by atoms with Gasteiger partial charge in [-0.05, 0) is 25.0 Å². The van der Waals surface area contributed by atoms with Gasteiger partial charge in [0.1, 0.15) is 0 Å². The number of nitrogens with zero attached hydrogens (tertiary/aromatic N) is 1. The SMILES string of the molecule is CN(CC(=O)NC1CC1)C(=O)c1cccc(O)c1O. The van der Waals surface area contributed by atoms with Crippen molar-refractivity contribution >= 4 is 11.8 Å². The molecule has 1 aromatic carbocycles. The fraction of sp³-hybridized carbons (Fsp3) is 0.385. The highest BCUT2D eigenvalue weighted by Crippen LogP contribution is 2.28. The van der Waals surface area contributed by atoms with Gasteiger partial charge in [0.2, 0.25) is 5.91 Å². The Hall–Kier alpha value is -2.24. The summed E-state index contributed by atoms with van der Waals surface area (Å²) in [5, 5.41) is 21.7. The first kappa shape index (κ1) is 13.2. The molecule has 6 heteroatoms. The first-order chi connectivity index (χ1) is 8.99. The molecule has 1 aliphatic rings. The lowest BCUT2D eigenvalue weighted by Gasteiger charge is -2.17. The first-order valence-electron chi connectivity index (χ1n) is 6.05. The second-order valence-corrected chi connectivity index (χ2v) is 4.68. The number of carbonyl (C=O) groups excluding carboxylic acids is 2. The molecule has 1 aliphatic carbocycles. The second kappa shape index (κ2) is 5.17. The highest BCUT2D eigenvalue weighted by molar-refractivity contribution is 5.99. The van der Waals surface area contributed by atoms with Crippen molar-refractivity contribution in [2.75, 3.05) is 13.6 Å². The lowest BCUT2D eigenvalue weighted by atomic mass is 10.1. The molecule has 1 saturated carbocycles. The summed E-state index contributed by atoms with van der Waals surface area (Å²) in [4.78, 5) is 24.8. The van der Waals surface area contributed by atoms with E-state index < -0.39 is 11.7 Å². The van der Waals surface area contributed by atoms with Gasteiger partial charge in [0.15, 0.2) is 11.5 Å². The van der Waals surface area contributed by atoms with Crippen LogP contribution in [-0.2, 0) is 4.79 Å². The molecule has 0 spiro atoms. The normalized spacial score (nSPS) is 13.9. The highest BCUT2D eigenvalue weighted by atomic mass is 16.3. The molecule has 0 unspecified atom stereocenters. The van der Waals surface area contributed by atoms with Gasteiger partial charge in [0.25, 0.3) is 5.91 Å². The maximum absolute atomic E-state index is 12.0. The Morgan fingerprint density at radius 2 is 2.05 bits per heavy atom. The second-order valence-electron chi connectivity index (χ2n) is 4.68. The van der Waals surface area contributed by atoms with Crippen LogP contribution >= 0.6 is 0 Å². The average Bonchev–Trinajstić information content (AvgIpc) is 3.15. The van der Waals surface area contributed by atoms with Crippen LogP contribution in [0.3, 0.4) is 0 Å². The fourth-order valence-electron chi connectivity index (χ4n) is 1.70. The highest BCUT2D eigenvalue weighted by Gasteiger charge is 2.25. The van der Waals surface area contributed by atoms with Crippen LogP contribution in [0.15, 0.2) is 18.2 Å². The molecule has 0 aromatic heterocycles. The topological polar surface area (TPSA) is 89.9 Å². The number of hydrogen-bond acceptors (Lipinski definition) is 4. The number of benzene rings is 1. The van der Waals surface area contributed by atoms with Crippen molar-refractivity contribution in [3.63, 3.8) is 0 Å². The molecule has 6 nitrogen and oxygen atoms in total. The number of phenols is 2. The molecule has 3 N–H and O–H groups in total. The van der Waals surface area contributed by atoms with E-state index in [2.05, 4.69) is 5.32 Å². The molecule has 1 fully saturated rings. The molecule has 2 amide bonds. The van der Waals surface area contributed by atoms with Crippen molar-refractivity contribution in [2.45, 2.75) is 18.9 Å². The third-order valence-electron chi connectivity index (χ3n) is 2.92. The van der Waals surface area contributed by atoms with Crippen molar-refractivity contribution in [3.8, 4) is 11.5 Å². The fourth-order valence-corrected chi connectivity index (χ4v) is 1.70. The molecule has 0 heterocycles. The third-order valence-corrected chi connectivity index (χ3v) is 2.92. The smallest absolute Gasteiger partial charge is 0.257 e. The third kappa shape index (κ3) is 3.15. The standard InChI is InChI=1S/C13H16N2O4/c1-15(7-11(17)14-8-5-6-8)13(19)9-3-2-4-10(16)12(9)18/h2-4,8,16,18H,5-7H2,1H3,(H,14,17). The Morgan fingerprint density at radius 3 is 2.68 bits per heavy atom. The van der Waals surface area contributed by atoms with Crippen LogP contribution in [0.2, 0.25) is 0 Å². The van der Waals surface area contributed by atoms with Crippen LogP contribution in [0.4, 0.5) is 0 Å². The van der Waals surface area contributed by atoms with Gasteiger partial charge in [0.05, 0.1) is 12.1 Å². The number of nitrogens with one attached hydrogen (secondary N) is 1. The lowest BCUT2D eigenvalue weighted by Crippen LogP contribution is -2.39.